The SMILES string of the molecule is Cc1ccc2c(c1)CCCN2c1cc(C)ncc1CO. The highest BCUT2D eigenvalue weighted by atomic mass is 16.3. The van der Waals surface area contributed by atoms with Crippen molar-refractivity contribution in [3.63, 3.8) is 0 Å². The summed E-state index contributed by atoms with van der Waals surface area (Å²) >= 11 is 0. The van der Waals surface area contributed by atoms with Gasteiger partial charge in [-0.3, -0.25) is 4.98 Å². The van der Waals surface area contributed by atoms with E-state index in [2.05, 4.69) is 41.1 Å². The van der Waals surface area contributed by atoms with Crippen molar-refractivity contribution in [3.05, 3.63) is 52.8 Å². The number of benzene rings is 1. The van der Waals surface area contributed by atoms with Gasteiger partial charge in [0.25, 0.3) is 0 Å². The van der Waals surface area contributed by atoms with Gasteiger partial charge in [-0.2, -0.15) is 0 Å². The second kappa shape index (κ2) is 5.25. The van der Waals surface area contributed by atoms with Crippen LogP contribution in [0.15, 0.2) is 30.5 Å². The lowest BCUT2D eigenvalue weighted by Gasteiger charge is -2.33. The average Bonchev–Trinajstić information content (AvgIpc) is 2.46. The molecule has 1 aromatic heterocycles. The van der Waals surface area contributed by atoms with Crippen molar-refractivity contribution in [2.45, 2.75) is 33.3 Å². The van der Waals surface area contributed by atoms with Gasteiger partial charge in [0, 0.05) is 35.4 Å². The van der Waals surface area contributed by atoms with E-state index in [-0.39, 0.29) is 6.61 Å². The number of pyridine rings is 1. The topological polar surface area (TPSA) is 36.4 Å². The standard InChI is InChI=1S/C17H20N2O/c1-12-5-6-16-14(8-12)4-3-7-19(16)17-9-13(2)18-10-15(17)11-20/h5-6,8-10,20H,3-4,7,11H2,1-2H3. The molecular formula is C17H20N2O. The minimum absolute atomic E-state index is 0.0281. The first kappa shape index (κ1) is 13.1. The maximum absolute atomic E-state index is 9.57. The Hall–Kier alpha value is -1.87. The Balaban J connectivity index is 2.11. The Morgan fingerprint density at radius 1 is 1.20 bits per heavy atom. The summed E-state index contributed by atoms with van der Waals surface area (Å²) in [4.78, 5) is 6.61. The molecule has 0 saturated heterocycles. The van der Waals surface area contributed by atoms with Gasteiger partial charge in [0.05, 0.1) is 6.61 Å². The van der Waals surface area contributed by atoms with Crippen molar-refractivity contribution in [2.24, 2.45) is 0 Å². The number of nitrogens with zero attached hydrogens (tertiary/aromatic N) is 2. The molecule has 0 atom stereocenters. The molecule has 0 aliphatic carbocycles. The van der Waals surface area contributed by atoms with E-state index >= 15 is 0 Å². The summed E-state index contributed by atoms with van der Waals surface area (Å²) in [5.41, 5.74) is 6.93. The van der Waals surface area contributed by atoms with Gasteiger partial charge >= 0.3 is 0 Å². The molecule has 2 aromatic rings. The third-order valence-corrected chi connectivity index (χ3v) is 3.91. The number of aryl methyl sites for hydroxylation is 3. The minimum Gasteiger partial charge on any atom is -0.392 e. The van der Waals surface area contributed by atoms with Crippen LogP contribution in [0.3, 0.4) is 0 Å². The molecule has 3 heteroatoms. The lowest BCUT2D eigenvalue weighted by molar-refractivity contribution is 0.281. The van der Waals surface area contributed by atoms with Gasteiger partial charge in [0.15, 0.2) is 0 Å². The molecule has 0 fully saturated rings. The number of aliphatic hydroxyl groups is 1. The average molecular weight is 268 g/mol. The number of rotatable bonds is 2. The molecular weight excluding hydrogens is 248 g/mol. The van der Waals surface area contributed by atoms with Crippen LogP contribution in [-0.4, -0.2) is 16.6 Å². The summed E-state index contributed by atoms with van der Waals surface area (Å²) in [5, 5.41) is 9.57. The fourth-order valence-corrected chi connectivity index (χ4v) is 2.92. The number of hydrogen-bond acceptors (Lipinski definition) is 3. The minimum atomic E-state index is 0.0281. The van der Waals surface area contributed by atoms with Crippen LogP contribution in [0.1, 0.15) is 28.8 Å². The summed E-state index contributed by atoms with van der Waals surface area (Å²) in [6.07, 6.45) is 4.06. The molecule has 3 rings (SSSR count). The van der Waals surface area contributed by atoms with Gasteiger partial charge in [-0.25, -0.2) is 0 Å². The van der Waals surface area contributed by atoms with Crippen LogP contribution < -0.4 is 4.90 Å². The quantitative estimate of drug-likeness (QED) is 0.908. The van der Waals surface area contributed by atoms with E-state index < -0.39 is 0 Å². The van der Waals surface area contributed by atoms with Crippen LogP contribution in [0.2, 0.25) is 0 Å². The largest absolute Gasteiger partial charge is 0.392 e. The van der Waals surface area contributed by atoms with Crippen molar-refractivity contribution in [2.75, 3.05) is 11.4 Å². The summed E-state index contributed by atoms with van der Waals surface area (Å²) in [6.45, 7) is 5.15. The predicted molar refractivity (Wildman–Crippen MR) is 81.4 cm³/mol. The molecule has 1 aliphatic heterocycles. The normalized spacial score (nSPS) is 14.2. The highest BCUT2D eigenvalue weighted by Gasteiger charge is 2.20. The Labute approximate surface area is 119 Å². The third-order valence-electron chi connectivity index (χ3n) is 3.91. The zero-order valence-electron chi connectivity index (χ0n) is 12.1. The molecule has 3 nitrogen and oxygen atoms in total. The number of anilines is 2. The molecule has 0 bridgehead atoms. The molecule has 20 heavy (non-hydrogen) atoms. The molecule has 0 radical (unpaired) electrons. The van der Waals surface area contributed by atoms with Crippen molar-refractivity contribution in [3.8, 4) is 0 Å². The molecule has 0 unspecified atom stereocenters. The van der Waals surface area contributed by atoms with Crippen LogP contribution in [-0.2, 0) is 13.0 Å². The molecule has 2 heterocycles. The molecule has 1 aromatic carbocycles. The van der Waals surface area contributed by atoms with Crippen LogP contribution in [0.25, 0.3) is 0 Å². The molecule has 0 spiro atoms. The zero-order chi connectivity index (χ0) is 14.1. The molecule has 1 N–H and O–H groups in total. The summed E-state index contributed by atoms with van der Waals surface area (Å²) in [7, 11) is 0. The maximum Gasteiger partial charge on any atom is 0.0717 e. The summed E-state index contributed by atoms with van der Waals surface area (Å²) in [5.74, 6) is 0. The van der Waals surface area contributed by atoms with E-state index in [1.54, 1.807) is 6.20 Å². The van der Waals surface area contributed by atoms with E-state index in [1.165, 1.54) is 16.8 Å². The number of hydrogen-bond donors (Lipinski definition) is 1. The van der Waals surface area contributed by atoms with Crippen LogP contribution in [0.5, 0.6) is 0 Å². The molecule has 1 aliphatic rings. The fraction of sp³-hybridized carbons (Fsp3) is 0.353. The van der Waals surface area contributed by atoms with Crippen molar-refractivity contribution < 1.29 is 5.11 Å². The van der Waals surface area contributed by atoms with Gasteiger partial charge < -0.3 is 10.0 Å². The van der Waals surface area contributed by atoms with Crippen molar-refractivity contribution in [1.82, 2.24) is 4.98 Å². The Kier molecular flexibility index (Phi) is 3.45. The first-order valence-corrected chi connectivity index (χ1v) is 7.12. The van der Waals surface area contributed by atoms with Crippen LogP contribution in [0, 0.1) is 13.8 Å². The molecule has 0 saturated carbocycles. The highest BCUT2D eigenvalue weighted by molar-refractivity contribution is 5.70. The summed E-state index contributed by atoms with van der Waals surface area (Å²) < 4.78 is 0. The van der Waals surface area contributed by atoms with Gasteiger partial charge in [-0.05, 0) is 44.4 Å². The second-order valence-electron chi connectivity index (χ2n) is 5.50. The summed E-state index contributed by atoms with van der Waals surface area (Å²) in [6, 6.07) is 8.69. The van der Waals surface area contributed by atoms with Gasteiger partial charge in [-0.1, -0.05) is 17.7 Å². The molecule has 104 valence electrons. The Morgan fingerprint density at radius 3 is 2.85 bits per heavy atom. The second-order valence-corrected chi connectivity index (χ2v) is 5.50. The fourth-order valence-electron chi connectivity index (χ4n) is 2.92. The van der Waals surface area contributed by atoms with Crippen molar-refractivity contribution in [1.29, 1.82) is 0 Å². The lowest BCUT2D eigenvalue weighted by atomic mass is 9.98. The first-order chi connectivity index (χ1) is 9.69. The van der Waals surface area contributed by atoms with Gasteiger partial charge in [0.2, 0.25) is 0 Å². The molecule has 0 amide bonds. The van der Waals surface area contributed by atoms with E-state index in [9.17, 15) is 5.11 Å². The zero-order valence-corrected chi connectivity index (χ0v) is 12.1. The number of aromatic nitrogens is 1. The smallest absolute Gasteiger partial charge is 0.0717 e. The van der Waals surface area contributed by atoms with Crippen LogP contribution >= 0.6 is 0 Å². The number of fused-ring (bicyclic) bond motifs is 1. The van der Waals surface area contributed by atoms with E-state index in [4.69, 9.17) is 0 Å². The predicted octanol–water partition coefficient (Wildman–Crippen LogP) is 3.28. The van der Waals surface area contributed by atoms with E-state index in [0.29, 0.717) is 0 Å². The van der Waals surface area contributed by atoms with E-state index in [0.717, 1.165) is 36.3 Å². The first-order valence-electron chi connectivity index (χ1n) is 7.12. The maximum atomic E-state index is 9.57. The van der Waals surface area contributed by atoms with Crippen LogP contribution in [0.4, 0.5) is 11.4 Å². The lowest BCUT2D eigenvalue weighted by Crippen LogP contribution is -2.25. The monoisotopic (exact) mass is 268 g/mol. The van der Waals surface area contributed by atoms with Crippen molar-refractivity contribution >= 4 is 11.4 Å². The highest BCUT2D eigenvalue weighted by Crippen LogP contribution is 2.35. The number of aliphatic hydroxyl groups excluding tert-OH is 1. The van der Waals surface area contributed by atoms with E-state index in [1.807, 2.05) is 6.92 Å². The Morgan fingerprint density at radius 2 is 2.05 bits per heavy atom. The Bertz CT molecular complexity index is 637. The van der Waals surface area contributed by atoms with Gasteiger partial charge in [0.1, 0.15) is 0 Å². The third kappa shape index (κ3) is 2.29. The van der Waals surface area contributed by atoms with Gasteiger partial charge in [-0.15, -0.1) is 0 Å².